The Bertz CT molecular complexity index is 470. The van der Waals surface area contributed by atoms with Crippen LogP contribution in [0, 0.1) is 11.3 Å². The van der Waals surface area contributed by atoms with Gasteiger partial charge >= 0.3 is 0 Å². The van der Waals surface area contributed by atoms with Crippen molar-refractivity contribution in [3.63, 3.8) is 0 Å². The summed E-state index contributed by atoms with van der Waals surface area (Å²) >= 11 is 1.82. The van der Waals surface area contributed by atoms with Crippen molar-refractivity contribution in [3.05, 3.63) is 24.3 Å². The molecule has 116 valence electrons. The van der Waals surface area contributed by atoms with Crippen LogP contribution in [0.3, 0.4) is 0 Å². The number of thioether (sulfide) groups is 1. The number of para-hydroxylation sites is 1. The van der Waals surface area contributed by atoms with Crippen LogP contribution in [-0.2, 0) is 0 Å². The summed E-state index contributed by atoms with van der Waals surface area (Å²) in [5.41, 5.74) is -0.413. The number of unbranched alkanes of at least 4 members (excludes halogenated alkanes) is 1. The summed E-state index contributed by atoms with van der Waals surface area (Å²) in [6, 6.07) is 10.8. The van der Waals surface area contributed by atoms with Gasteiger partial charge < -0.3 is 4.74 Å². The first kappa shape index (κ1) is 17.9. The third kappa shape index (κ3) is 6.41. The Kier molecular flexibility index (Phi) is 7.63. The van der Waals surface area contributed by atoms with Gasteiger partial charge in [0, 0.05) is 10.9 Å². The lowest BCUT2D eigenvalue weighted by atomic mass is 9.96. The molecule has 1 unspecified atom stereocenters. The maximum Gasteiger partial charge on any atom is 0.132 e. The van der Waals surface area contributed by atoms with Gasteiger partial charge in [0.15, 0.2) is 0 Å². The van der Waals surface area contributed by atoms with Crippen LogP contribution in [0.2, 0.25) is 0 Å². The molecule has 0 heterocycles. The second kappa shape index (κ2) is 8.96. The highest BCUT2D eigenvalue weighted by Crippen LogP contribution is 2.29. The minimum atomic E-state index is -0.413. The molecule has 0 aliphatic carbocycles. The zero-order valence-electron chi connectivity index (χ0n) is 13.5. The van der Waals surface area contributed by atoms with E-state index in [9.17, 15) is 5.26 Å². The van der Waals surface area contributed by atoms with E-state index in [1.165, 1.54) is 4.90 Å². The van der Waals surface area contributed by atoms with Gasteiger partial charge in [-0.15, -0.1) is 11.8 Å². The molecule has 0 spiro atoms. The molecule has 1 rings (SSSR count). The minimum absolute atomic E-state index is 0.331. The number of nitrogens with zero attached hydrogens (tertiary/aromatic N) is 1. The Morgan fingerprint density at radius 3 is 2.67 bits per heavy atom. The first-order chi connectivity index (χ1) is 10.0. The first-order valence-electron chi connectivity index (χ1n) is 7.45. The maximum atomic E-state index is 9.30. The highest BCUT2D eigenvalue weighted by Gasteiger charge is 2.23. The van der Waals surface area contributed by atoms with Crippen molar-refractivity contribution in [2.24, 2.45) is 0 Å². The molecule has 0 aromatic heterocycles. The largest absolute Gasteiger partial charge is 0.496 e. The standard InChI is InChI=1S/C17H26N2OS/c1-14(2)19-17(3,13-18)11-7-8-12-21-16-10-6-5-9-15(16)20-4/h5-6,9-10,14,19H,7-8,11-12H2,1-4H3. The molecule has 0 bridgehead atoms. The van der Waals surface area contributed by atoms with Gasteiger partial charge in [0.2, 0.25) is 0 Å². The van der Waals surface area contributed by atoms with E-state index >= 15 is 0 Å². The number of benzene rings is 1. The fourth-order valence-electron chi connectivity index (χ4n) is 2.30. The van der Waals surface area contributed by atoms with Crippen molar-refractivity contribution >= 4 is 11.8 Å². The van der Waals surface area contributed by atoms with E-state index < -0.39 is 5.54 Å². The molecule has 0 saturated carbocycles. The van der Waals surface area contributed by atoms with Crippen molar-refractivity contribution < 1.29 is 4.74 Å². The van der Waals surface area contributed by atoms with E-state index in [4.69, 9.17) is 4.74 Å². The van der Waals surface area contributed by atoms with Crippen LogP contribution >= 0.6 is 11.8 Å². The number of rotatable bonds is 9. The molecule has 0 aliphatic heterocycles. The van der Waals surface area contributed by atoms with Crippen molar-refractivity contribution in [2.75, 3.05) is 12.9 Å². The number of hydrogen-bond acceptors (Lipinski definition) is 4. The van der Waals surface area contributed by atoms with Crippen molar-refractivity contribution in [2.45, 2.75) is 56.5 Å². The summed E-state index contributed by atoms with van der Waals surface area (Å²) in [5, 5.41) is 12.6. The summed E-state index contributed by atoms with van der Waals surface area (Å²) in [4.78, 5) is 1.18. The lowest BCUT2D eigenvalue weighted by molar-refractivity contribution is 0.372. The van der Waals surface area contributed by atoms with Gasteiger partial charge in [-0.3, -0.25) is 5.32 Å². The fraction of sp³-hybridized carbons (Fsp3) is 0.588. The van der Waals surface area contributed by atoms with Crippen molar-refractivity contribution in [1.82, 2.24) is 5.32 Å². The van der Waals surface area contributed by atoms with E-state index in [2.05, 4.69) is 31.3 Å². The molecule has 0 saturated heterocycles. The van der Waals surface area contributed by atoms with Gasteiger partial charge in [0.1, 0.15) is 11.3 Å². The number of hydrogen-bond donors (Lipinski definition) is 1. The van der Waals surface area contributed by atoms with Crippen LogP contribution in [0.15, 0.2) is 29.2 Å². The Balaban J connectivity index is 2.33. The second-order valence-electron chi connectivity index (χ2n) is 5.70. The van der Waals surface area contributed by atoms with Gasteiger partial charge in [-0.25, -0.2) is 0 Å². The van der Waals surface area contributed by atoms with Gasteiger partial charge in [-0.05, 0) is 57.9 Å². The van der Waals surface area contributed by atoms with Crippen molar-refractivity contribution in [3.8, 4) is 11.8 Å². The van der Waals surface area contributed by atoms with Gasteiger partial charge in [0.05, 0.1) is 13.2 Å². The predicted molar refractivity (Wildman–Crippen MR) is 89.9 cm³/mol. The predicted octanol–water partition coefficient (Wildman–Crippen LogP) is 4.24. The number of ether oxygens (including phenoxy) is 1. The summed E-state index contributed by atoms with van der Waals surface area (Å²) in [6.07, 6.45) is 3.03. The molecule has 21 heavy (non-hydrogen) atoms. The van der Waals surface area contributed by atoms with Crippen LogP contribution in [-0.4, -0.2) is 24.4 Å². The SMILES string of the molecule is COc1ccccc1SCCCCC(C)(C#N)NC(C)C. The molecule has 1 N–H and O–H groups in total. The first-order valence-corrected chi connectivity index (χ1v) is 8.44. The minimum Gasteiger partial charge on any atom is -0.496 e. The molecule has 0 amide bonds. The number of nitriles is 1. The maximum absolute atomic E-state index is 9.30. The van der Waals surface area contributed by atoms with Gasteiger partial charge in [-0.1, -0.05) is 12.1 Å². The average Bonchev–Trinajstić information content (AvgIpc) is 2.46. The average molecular weight is 306 g/mol. The molecular formula is C17H26N2OS. The number of nitrogens with one attached hydrogen (secondary N) is 1. The molecule has 0 radical (unpaired) electrons. The van der Waals surface area contributed by atoms with E-state index in [1.54, 1.807) is 7.11 Å². The summed E-state index contributed by atoms with van der Waals surface area (Å²) in [6.45, 7) is 6.14. The number of methoxy groups -OCH3 is 1. The third-order valence-electron chi connectivity index (χ3n) is 3.25. The van der Waals surface area contributed by atoms with Crippen molar-refractivity contribution in [1.29, 1.82) is 5.26 Å². The normalized spacial score (nSPS) is 13.7. The monoisotopic (exact) mass is 306 g/mol. The highest BCUT2D eigenvalue weighted by molar-refractivity contribution is 7.99. The van der Waals surface area contributed by atoms with Crippen LogP contribution < -0.4 is 10.1 Å². The van der Waals surface area contributed by atoms with Gasteiger partial charge in [-0.2, -0.15) is 5.26 Å². The molecule has 1 atom stereocenters. The summed E-state index contributed by atoms with van der Waals surface area (Å²) < 4.78 is 5.34. The van der Waals surface area contributed by atoms with E-state index in [-0.39, 0.29) is 0 Å². The van der Waals surface area contributed by atoms with E-state index in [0.717, 1.165) is 30.8 Å². The van der Waals surface area contributed by atoms with Crippen LogP contribution in [0.5, 0.6) is 5.75 Å². The van der Waals surface area contributed by atoms with Crippen LogP contribution in [0.1, 0.15) is 40.0 Å². The lowest BCUT2D eigenvalue weighted by Crippen LogP contribution is -2.44. The van der Waals surface area contributed by atoms with Crippen LogP contribution in [0.4, 0.5) is 0 Å². The summed E-state index contributed by atoms with van der Waals surface area (Å²) in [7, 11) is 1.70. The van der Waals surface area contributed by atoms with E-state index in [0.29, 0.717) is 6.04 Å². The zero-order valence-corrected chi connectivity index (χ0v) is 14.3. The topological polar surface area (TPSA) is 45.0 Å². The summed E-state index contributed by atoms with van der Waals surface area (Å²) in [5.74, 6) is 1.98. The Hall–Kier alpha value is -1.18. The molecule has 1 aromatic carbocycles. The molecule has 0 fully saturated rings. The Labute approximate surface area is 133 Å². The van der Waals surface area contributed by atoms with Gasteiger partial charge in [0.25, 0.3) is 0 Å². The molecule has 4 heteroatoms. The molecular weight excluding hydrogens is 280 g/mol. The fourth-order valence-corrected chi connectivity index (χ4v) is 3.34. The molecule has 0 aliphatic rings. The molecule has 3 nitrogen and oxygen atoms in total. The zero-order chi connectivity index (χ0) is 15.7. The second-order valence-corrected chi connectivity index (χ2v) is 6.84. The Morgan fingerprint density at radius 1 is 1.33 bits per heavy atom. The third-order valence-corrected chi connectivity index (χ3v) is 4.39. The smallest absolute Gasteiger partial charge is 0.132 e. The quantitative estimate of drug-likeness (QED) is 0.547. The van der Waals surface area contributed by atoms with E-state index in [1.807, 2.05) is 36.9 Å². The Morgan fingerprint density at radius 2 is 2.05 bits per heavy atom. The lowest BCUT2D eigenvalue weighted by Gasteiger charge is -2.25. The van der Waals surface area contributed by atoms with Crippen LogP contribution in [0.25, 0.3) is 0 Å². The molecule has 1 aromatic rings. The highest BCUT2D eigenvalue weighted by atomic mass is 32.2.